The molecule has 4 nitrogen and oxygen atoms in total. The highest BCUT2D eigenvalue weighted by molar-refractivity contribution is 5.07. The molecule has 1 atom stereocenters. The second-order valence-corrected chi connectivity index (χ2v) is 6.61. The molecule has 1 aromatic heterocycles. The molecule has 0 amide bonds. The van der Waals surface area contributed by atoms with Gasteiger partial charge in [-0.2, -0.15) is 4.98 Å². The first-order valence-electron chi connectivity index (χ1n) is 7.80. The fraction of sp³-hybridized carbons (Fsp3) is 0.867. The van der Waals surface area contributed by atoms with E-state index in [2.05, 4.69) is 17.1 Å². The molecule has 0 aromatic carbocycles. The summed E-state index contributed by atoms with van der Waals surface area (Å²) in [6.07, 6.45) is 11.0. The van der Waals surface area contributed by atoms with Crippen molar-refractivity contribution >= 4 is 0 Å². The van der Waals surface area contributed by atoms with Crippen LogP contribution in [0.1, 0.15) is 82.3 Å². The first-order chi connectivity index (χ1) is 9.17. The molecule has 2 aliphatic carbocycles. The van der Waals surface area contributed by atoms with Crippen LogP contribution >= 0.6 is 0 Å². The lowest BCUT2D eigenvalue weighted by atomic mass is 9.94. The maximum atomic E-state index is 6.37. The van der Waals surface area contributed by atoms with Gasteiger partial charge in [-0.15, -0.1) is 0 Å². The normalized spacial score (nSPS) is 24.9. The minimum absolute atomic E-state index is 0.325. The van der Waals surface area contributed by atoms with Crippen LogP contribution in [0.5, 0.6) is 0 Å². The predicted octanol–water partition coefficient (Wildman–Crippen LogP) is 3.48. The topological polar surface area (TPSA) is 64.9 Å². The Labute approximate surface area is 115 Å². The number of hydrogen-bond donors (Lipinski definition) is 1. The Hall–Kier alpha value is -0.900. The molecule has 1 unspecified atom stereocenters. The second-order valence-electron chi connectivity index (χ2n) is 6.61. The fourth-order valence-corrected chi connectivity index (χ4v) is 3.71. The van der Waals surface area contributed by atoms with E-state index in [0.29, 0.717) is 5.92 Å². The average Bonchev–Trinajstić information content (AvgIpc) is 3.08. The molecule has 0 bridgehead atoms. The molecule has 1 aromatic rings. The maximum Gasteiger partial charge on any atom is 0.229 e. The van der Waals surface area contributed by atoms with E-state index < -0.39 is 0 Å². The lowest BCUT2D eigenvalue weighted by Crippen LogP contribution is -2.34. The van der Waals surface area contributed by atoms with Crippen molar-refractivity contribution in [3.05, 3.63) is 11.7 Å². The smallest absolute Gasteiger partial charge is 0.229 e. The molecule has 2 fully saturated rings. The molecular weight excluding hydrogens is 238 g/mol. The zero-order valence-corrected chi connectivity index (χ0v) is 11.9. The number of nitrogens with two attached hydrogens (primary N) is 1. The molecule has 3 rings (SSSR count). The van der Waals surface area contributed by atoms with E-state index in [-0.39, 0.29) is 5.54 Å². The summed E-state index contributed by atoms with van der Waals surface area (Å²) in [5.41, 5.74) is 6.05. The maximum absolute atomic E-state index is 6.37. The van der Waals surface area contributed by atoms with Crippen LogP contribution in [0.15, 0.2) is 4.52 Å². The largest absolute Gasteiger partial charge is 0.339 e. The van der Waals surface area contributed by atoms with Crippen molar-refractivity contribution in [2.45, 2.75) is 76.2 Å². The van der Waals surface area contributed by atoms with Gasteiger partial charge >= 0.3 is 0 Å². The summed E-state index contributed by atoms with van der Waals surface area (Å²) in [6, 6.07) is 0. The number of hydrogen-bond acceptors (Lipinski definition) is 4. The molecule has 2 N–H and O–H groups in total. The van der Waals surface area contributed by atoms with E-state index in [1.807, 2.05) is 0 Å². The number of nitrogens with zero attached hydrogens (tertiary/aromatic N) is 2. The summed E-state index contributed by atoms with van der Waals surface area (Å²) in [4.78, 5) is 4.60. The molecule has 4 heteroatoms. The molecule has 2 saturated carbocycles. The molecule has 106 valence electrons. The molecule has 19 heavy (non-hydrogen) atoms. The first-order valence-corrected chi connectivity index (χ1v) is 7.80. The molecule has 0 aliphatic heterocycles. The SMILES string of the molecule is CC(CC1CCCC1)c1nc(C2(N)CCCC2)no1. The van der Waals surface area contributed by atoms with Crippen molar-refractivity contribution in [2.24, 2.45) is 11.7 Å². The van der Waals surface area contributed by atoms with Crippen LogP contribution < -0.4 is 5.73 Å². The summed E-state index contributed by atoms with van der Waals surface area (Å²) < 4.78 is 5.47. The van der Waals surface area contributed by atoms with E-state index in [4.69, 9.17) is 10.3 Å². The Morgan fingerprint density at radius 1 is 1.26 bits per heavy atom. The van der Waals surface area contributed by atoms with Crippen molar-refractivity contribution in [1.82, 2.24) is 10.1 Å². The first kappa shape index (κ1) is 13.1. The monoisotopic (exact) mass is 263 g/mol. The zero-order chi connectivity index (χ0) is 13.3. The minimum atomic E-state index is -0.325. The molecule has 0 saturated heterocycles. The highest BCUT2D eigenvalue weighted by Gasteiger charge is 2.36. The van der Waals surface area contributed by atoms with Gasteiger partial charge in [0, 0.05) is 5.92 Å². The molecule has 1 heterocycles. The summed E-state index contributed by atoms with van der Waals surface area (Å²) in [5, 5.41) is 4.15. The van der Waals surface area contributed by atoms with Crippen molar-refractivity contribution in [3.63, 3.8) is 0 Å². The van der Waals surface area contributed by atoms with Crippen LogP contribution in [0.3, 0.4) is 0 Å². The Morgan fingerprint density at radius 3 is 2.63 bits per heavy atom. The standard InChI is InChI=1S/C15H25N3O/c1-11(10-12-6-2-3-7-12)13-17-14(18-19-13)15(16)8-4-5-9-15/h11-12H,2-10,16H2,1H3. The van der Waals surface area contributed by atoms with E-state index in [9.17, 15) is 0 Å². The molecular formula is C15H25N3O. The van der Waals surface area contributed by atoms with Crippen molar-refractivity contribution < 1.29 is 4.52 Å². The molecule has 2 aliphatic rings. The lowest BCUT2D eigenvalue weighted by Gasteiger charge is -2.18. The van der Waals surface area contributed by atoms with Crippen LogP contribution in [0.25, 0.3) is 0 Å². The van der Waals surface area contributed by atoms with Crippen molar-refractivity contribution in [2.75, 3.05) is 0 Å². The van der Waals surface area contributed by atoms with Gasteiger partial charge in [-0.3, -0.25) is 0 Å². The molecule has 0 spiro atoms. The number of aromatic nitrogens is 2. The van der Waals surface area contributed by atoms with Crippen LogP contribution in [-0.2, 0) is 5.54 Å². The third-order valence-corrected chi connectivity index (χ3v) is 4.97. The Morgan fingerprint density at radius 2 is 1.95 bits per heavy atom. The second kappa shape index (κ2) is 5.23. The Kier molecular flexibility index (Phi) is 3.61. The van der Waals surface area contributed by atoms with E-state index >= 15 is 0 Å². The summed E-state index contributed by atoms with van der Waals surface area (Å²) in [6.45, 7) is 2.20. The number of rotatable bonds is 4. The van der Waals surface area contributed by atoms with Gasteiger partial charge in [-0.25, -0.2) is 0 Å². The van der Waals surface area contributed by atoms with Crippen LogP contribution in [0.2, 0.25) is 0 Å². The lowest BCUT2D eigenvalue weighted by molar-refractivity contribution is 0.320. The quantitative estimate of drug-likeness (QED) is 0.903. The molecule has 0 radical (unpaired) electrons. The van der Waals surface area contributed by atoms with Gasteiger partial charge in [0.05, 0.1) is 5.54 Å². The summed E-state index contributed by atoms with van der Waals surface area (Å²) in [7, 11) is 0. The van der Waals surface area contributed by atoms with Crippen LogP contribution in [0.4, 0.5) is 0 Å². The van der Waals surface area contributed by atoms with Gasteiger partial charge in [0.1, 0.15) is 0 Å². The Balaban J connectivity index is 1.66. The highest BCUT2D eigenvalue weighted by atomic mass is 16.5. The van der Waals surface area contributed by atoms with Crippen molar-refractivity contribution in [3.8, 4) is 0 Å². The third kappa shape index (κ3) is 2.69. The van der Waals surface area contributed by atoms with Crippen LogP contribution in [-0.4, -0.2) is 10.1 Å². The minimum Gasteiger partial charge on any atom is -0.339 e. The van der Waals surface area contributed by atoms with Gasteiger partial charge < -0.3 is 10.3 Å². The zero-order valence-electron chi connectivity index (χ0n) is 11.9. The van der Waals surface area contributed by atoms with Gasteiger partial charge in [-0.1, -0.05) is 50.6 Å². The van der Waals surface area contributed by atoms with Gasteiger partial charge in [0.2, 0.25) is 5.89 Å². The van der Waals surface area contributed by atoms with E-state index in [0.717, 1.165) is 30.5 Å². The fourth-order valence-electron chi connectivity index (χ4n) is 3.71. The highest BCUT2D eigenvalue weighted by Crippen LogP contribution is 2.37. The third-order valence-electron chi connectivity index (χ3n) is 4.97. The van der Waals surface area contributed by atoms with Gasteiger partial charge in [0.25, 0.3) is 0 Å². The van der Waals surface area contributed by atoms with Gasteiger partial charge in [0.15, 0.2) is 5.82 Å². The van der Waals surface area contributed by atoms with Crippen LogP contribution in [0, 0.1) is 5.92 Å². The average molecular weight is 263 g/mol. The van der Waals surface area contributed by atoms with E-state index in [1.54, 1.807) is 0 Å². The summed E-state index contributed by atoms with van der Waals surface area (Å²) in [5.74, 6) is 2.75. The Bertz CT molecular complexity index is 417. The predicted molar refractivity (Wildman–Crippen MR) is 73.6 cm³/mol. The summed E-state index contributed by atoms with van der Waals surface area (Å²) >= 11 is 0. The van der Waals surface area contributed by atoms with E-state index in [1.165, 1.54) is 44.9 Å². The van der Waals surface area contributed by atoms with Crippen molar-refractivity contribution in [1.29, 1.82) is 0 Å². The van der Waals surface area contributed by atoms with Gasteiger partial charge in [-0.05, 0) is 25.2 Å².